The summed E-state index contributed by atoms with van der Waals surface area (Å²) in [6.07, 6.45) is 0. The Bertz CT molecular complexity index is 3920. The third-order valence-electron chi connectivity index (χ3n) is 12.7. The molecule has 3 heterocycles. The van der Waals surface area contributed by atoms with E-state index in [1.807, 2.05) is 0 Å². The van der Waals surface area contributed by atoms with Crippen LogP contribution in [0.15, 0.2) is 218 Å². The van der Waals surface area contributed by atoms with Crippen molar-refractivity contribution in [3.8, 4) is 45.1 Å². The number of hydrogen-bond donors (Lipinski definition) is 0. The molecule has 4 heteroatoms. The van der Waals surface area contributed by atoms with Crippen molar-refractivity contribution in [3.63, 3.8) is 0 Å². The standard InChI is InChI=1S/C58H36N4/c1-3-17-37(18-4-1)40-33-38-19-7-8-22-42(38)50(35-40)57-46-26-11-14-28-51(46)59-58(60-57)62-53-30-16-13-27-47(53)56-45-25-10-9-23-43(45)48(36-55(56)62)39-31-32-54-49(34-39)44-24-12-15-29-52(44)61(54)41-20-5-2-6-21-41/h1-36H. The van der Waals surface area contributed by atoms with Crippen molar-refractivity contribution in [1.82, 2.24) is 19.1 Å². The largest absolute Gasteiger partial charge is 0.309 e. The molecular formula is C58H36N4. The number of hydrogen-bond acceptors (Lipinski definition) is 2. The summed E-state index contributed by atoms with van der Waals surface area (Å²) in [6.45, 7) is 0. The second kappa shape index (κ2) is 13.6. The van der Waals surface area contributed by atoms with E-state index in [0.717, 1.165) is 61.0 Å². The third-order valence-corrected chi connectivity index (χ3v) is 12.7. The van der Waals surface area contributed by atoms with Crippen LogP contribution in [-0.4, -0.2) is 19.1 Å². The lowest BCUT2D eigenvalue weighted by Gasteiger charge is -2.15. The average molecular weight is 789 g/mol. The Labute approximate surface area is 357 Å². The van der Waals surface area contributed by atoms with Crippen LogP contribution in [0.25, 0.3) is 121 Å². The van der Waals surface area contributed by atoms with Crippen LogP contribution in [-0.2, 0) is 0 Å². The molecule has 0 unspecified atom stereocenters. The molecule has 0 saturated heterocycles. The summed E-state index contributed by atoms with van der Waals surface area (Å²) >= 11 is 0. The molecule has 13 rings (SSSR count). The molecule has 0 N–H and O–H groups in total. The molecule has 0 bridgehead atoms. The van der Waals surface area contributed by atoms with E-state index in [1.54, 1.807) is 0 Å². The first kappa shape index (κ1) is 34.5. The van der Waals surface area contributed by atoms with Gasteiger partial charge in [0.1, 0.15) is 0 Å². The van der Waals surface area contributed by atoms with Crippen molar-refractivity contribution in [3.05, 3.63) is 218 Å². The molecule has 0 aliphatic rings. The van der Waals surface area contributed by atoms with Gasteiger partial charge in [-0.25, -0.2) is 9.97 Å². The fraction of sp³-hybridized carbons (Fsp3) is 0. The maximum atomic E-state index is 5.64. The minimum atomic E-state index is 0.640. The maximum absolute atomic E-state index is 5.64. The van der Waals surface area contributed by atoms with Gasteiger partial charge in [0.2, 0.25) is 5.95 Å². The minimum Gasteiger partial charge on any atom is -0.309 e. The topological polar surface area (TPSA) is 35.6 Å². The van der Waals surface area contributed by atoms with Gasteiger partial charge in [-0.1, -0.05) is 158 Å². The number of aromatic nitrogens is 4. The highest BCUT2D eigenvalue weighted by molar-refractivity contribution is 6.24. The molecule has 13 aromatic rings. The second-order valence-corrected chi connectivity index (χ2v) is 16.1. The van der Waals surface area contributed by atoms with Crippen molar-refractivity contribution in [2.45, 2.75) is 0 Å². The van der Waals surface area contributed by atoms with E-state index in [2.05, 4.69) is 228 Å². The Balaban J connectivity index is 1.10. The Kier molecular flexibility index (Phi) is 7.57. The normalized spacial score (nSPS) is 11.9. The first-order valence-electron chi connectivity index (χ1n) is 21.2. The van der Waals surface area contributed by atoms with E-state index >= 15 is 0 Å². The van der Waals surface area contributed by atoms with Crippen LogP contribution in [0.5, 0.6) is 0 Å². The van der Waals surface area contributed by atoms with E-state index < -0.39 is 0 Å². The molecule has 0 spiro atoms. The summed E-state index contributed by atoms with van der Waals surface area (Å²) in [5, 5.41) is 10.6. The molecule has 3 aromatic heterocycles. The molecule has 0 atom stereocenters. The fourth-order valence-corrected chi connectivity index (χ4v) is 9.95. The van der Waals surface area contributed by atoms with E-state index in [0.29, 0.717) is 5.95 Å². The number of rotatable bonds is 5. The summed E-state index contributed by atoms with van der Waals surface area (Å²) < 4.78 is 4.67. The number of benzene rings is 10. The van der Waals surface area contributed by atoms with E-state index in [1.165, 1.54) is 54.3 Å². The van der Waals surface area contributed by atoms with Gasteiger partial charge in [-0.15, -0.1) is 0 Å². The zero-order valence-electron chi connectivity index (χ0n) is 33.6. The Morgan fingerprint density at radius 3 is 1.73 bits per heavy atom. The number of para-hydroxylation sites is 4. The molecule has 0 radical (unpaired) electrons. The molecule has 0 aliphatic heterocycles. The molecule has 62 heavy (non-hydrogen) atoms. The molecule has 0 fully saturated rings. The molecule has 0 aliphatic carbocycles. The smallest absolute Gasteiger partial charge is 0.235 e. The average Bonchev–Trinajstić information content (AvgIpc) is 3.86. The highest BCUT2D eigenvalue weighted by Gasteiger charge is 2.22. The van der Waals surface area contributed by atoms with Crippen molar-refractivity contribution in [1.29, 1.82) is 0 Å². The van der Waals surface area contributed by atoms with Crippen LogP contribution < -0.4 is 0 Å². The summed E-state index contributed by atoms with van der Waals surface area (Å²) in [5.74, 6) is 0.640. The first-order valence-corrected chi connectivity index (χ1v) is 21.2. The molecule has 288 valence electrons. The van der Waals surface area contributed by atoms with Gasteiger partial charge in [-0.05, 0) is 104 Å². The van der Waals surface area contributed by atoms with Crippen molar-refractivity contribution in [2.24, 2.45) is 0 Å². The predicted molar refractivity (Wildman–Crippen MR) is 260 cm³/mol. The van der Waals surface area contributed by atoms with Gasteiger partial charge >= 0.3 is 0 Å². The van der Waals surface area contributed by atoms with Crippen LogP contribution in [0.1, 0.15) is 0 Å². The summed E-state index contributed by atoms with van der Waals surface area (Å²) in [6, 6.07) is 78.6. The van der Waals surface area contributed by atoms with Crippen LogP contribution in [0.3, 0.4) is 0 Å². The lowest BCUT2D eigenvalue weighted by Crippen LogP contribution is -2.04. The summed E-state index contributed by atoms with van der Waals surface area (Å²) in [7, 11) is 0. The van der Waals surface area contributed by atoms with Crippen LogP contribution >= 0.6 is 0 Å². The minimum absolute atomic E-state index is 0.640. The highest BCUT2D eigenvalue weighted by Crippen LogP contribution is 2.44. The monoisotopic (exact) mass is 788 g/mol. The molecular weight excluding hydrogens is 753 g/mol. The summed E-state index contributed by atoms with van der Waals surface area (Å²) in [4.78, 5) is 11.0. The van der Waals surface area contributed by atoms with Gasteiger partial charge < -0.3 is 4.57 Å². The number of nitrogens with zero attached hydrogens (tertiary/aromatic N) is 4. The van der Waals surface area contributed by atoms with Crippen LogP contribution in [0.2, 0.25) is 0 Å². The quantitative estimate of drug-likeness (QED) is 0.174. The Morgan fingerprint density at radius 1 is 0.306 bits per heavy atom. The molecule has 4 nitrogen and oxygen atoms in total. The SMILES string of the molecule is c1ccc(-c2cc(-c3nc(-n4c5ccccc5c5c6ccccc6c(-c6ccc7c(c6)c6ccccc6n7-c6ccccc6)cc54)nc4ccccc34)c3ccccc3c2)cc1. The maximum Gasteiger partial charge on any atom is 0.235 e. The van der Waals surface area contributed by atoms with Gasteiger partial charge in [0, 0.05) is 38.2 Å². The van der Waals surface area contributed by atoms with E-state index in [4.69, 9.17) is 9.97 Å². The lowest BCUT2D eigenvalue weighted by molar-refractivity contribution is 1.01. The summed E-state index contributed by atoms with van der Waals surface area (Å²) in [5.41, 5.74) is 13.2. The molecule has 0 amide bonds. The Morgan fingerprint density at radius 2 is 0.919 bits per heavy atom. The fourth-order valence-electron chi connectivity index (χ4n) is 9.95. The van der Waals surface area contributed by atoms with E-state index in [9.17, 15) is 0 Å². The van der Waals surface area contributed by atoms with Gasteiger partial charge in [0.15, 0.2) is 0 Å². The highest BCUT2D eigenvalue weighted by atomic mass is 15.2. The first-order chi connectivity index (χ1) is 30.8. The molecule has 10 aromatic carbocycles. The van der Waals surface area contributed by atoms with Crippen LogP contribution in [0, 0.1) is 0 Å². The number of fused-ring (bicyclic) bond motifs is 10. The van der Waals surface area contributed by atoms with Gasteiger partial charge in [0.05, 0.1) is 33.3 Å². The predicted octanol–water partition coefficient (Wildman–Crippen LogP) is 15.1. The third kappa shape index (κ3) is 5.20. The van der Waals surface area contributed by atoms with Gasteiger partial charge in [0.25, 0.3) is 0 Å². The van der Waals surface area contributed by atoms with Gasteiger partial charge in [-0.3, -0.25) is 4.57 Å². The van der Waals surface area contributed by atoms with Crippen LogP contribution in [0.4, 0.5) is 0 Å². The van der Waals surface area contributed by atoms with Crippen molar-refractivity contribution in [2.75, 3.05) is 0 Å². The molecule has 0 saturated carbocycles. The lowest BCUT2D eigenvalue weighted by atomic mass is 9.94. The second-order valence-electron chi connectivity index (χ2n) is 16.1. The zero-order valence-corrected chi connectivity index (χ0v) is 33.6. The Hall–Kier alpha value is -8.34. The van der Waals surface area contributed by atoms with Crippen molar-refractivity contribution < 1.29 is 0 Å². The zero-order chi connectivity index (χ0) is 40.7. The van der Waals surface area contributed by atoms with E-state index in [-0.39, 0.29) is 0 Å². The van der Waals surface area contributed by atoms with Gasteiger partial charge in [-0.2, -0.15) is 0 Å². The van der Waals surface area contributed by atoms with Crippen molar-refractivity contribution >= 4 is 76.1 Å².